The summed E-state index contributed by atoms with van der Waals surface area (Å²) in [5, 5.41) is 13.4. The van der Waals surface area contributed by atoms with Gasteiger partial charge in [-0.25, -0.2) is 9.18 Å². The van der Waals surface area contributed by atoms with Crippen molar-refractivity contribution < 1.29 is 19.0 Å². The van der Waals surface area contributed by atoms with E-state index in [0.717, 1.165) is 5.56 Å². The summed E-state index contributed by atoms with van der Waals surface area (Å²) in [6.07, 6.45) is 1.04. The summed E-state index contributed by atoms with van der Waals surface area (Å²) in [4.78, 5) is 26.1. The lowest BCUT2D eigenvalue weighted by atomic mass is 10.2. The maximum absolute atomic E-state index is 13.0. The second kappa shape index (κ2) is 8.22. The van der Waals surface area contributed by atoms with Crippen LogP contribution < -0.4 is 10.9 Å². The van der Waals surface area contributed by atoms with Gasteiger partial charge in [0.25, 0.3) is 5.56 Å². The summed E-state index contributed by atoms with van der Waals surface area (Å²) in [6, 6.07) is 7.32. The Kier molecular flexibility index (Phi) is 5.75. The Morgan fingerprint density at radius 3 is 2.78 bits per heavy atom. The zero-order chi connectivity index (χ0) is 19.4. The number of piperazine rings is 1. The number of pyridine rings is 1. The van der Waals surface area contributed by atoms with Gasteiger partial charge < -0.3 is 24.6 Å². The van der Waals surface area contributed by atoms with Crippen molar-refractivity contribution >= 4 is 6.09 Å². The number of rotatable bonds is 4. The molecule has 0 radical (unpaired) electrons. The number of hydrogen-bond donors (Lipinski definition) is 2. The summed E-state index contributed by atoms with van der Waals surface area (Å²) in [5.41, 5.74) is 0.375. The SMILES string of the molecule is CC1CNCCN1C(=O)OCc1ccn(Cc2ccc(F)cc2)c(=O)c1O. The van der Waals surface area contributed by atoms with Crippen LogP contribution >= 0.6 is 0 Å². The minimum Gasteiger partial charge on any atom is -0.503 e. The summed E-state index contributed by atoms with van der Waals surface area (Å²) in [5.74, 6) is -0.814. The van der Waals surface area contributed by atoms with Crippen molar-refractivity contribution in [3.8, 4) is 5.75 Å². The van der Waals surface area contributed by atoms with E-state index in [0.29, 0.717) is 19.6 Å². The number of aromatic hydroxyl groups is 1. The third-order valence-electron chi connectivity index (χ3n) is 4.58. The van der Waals surface area contributed by atoms with Gasteiger partial charge in [0.2, 0.25) is 0 Å². The molecule has 7 nitrogen and oxygen atoms in total. The third kappa shape index (κ3) is 4.46. The first kappa shape index (κ1) is 18.9. The van der Waals surface area contributed by atoms with E-state index in [-0.39, 0.29) is 30.6 Å². The normalized spacial score (nSPS) is 17.0. The van der Waals surface area contributed by atoms with Crippen LogP contribution in [0.3, 0.4) is 0 Å². The van der Waals surface area contributed by atoms with E-state index in [9.17, 15) is 19.1 Å². The molecule has 1 aromatic heterocycles. The summed E-state index contributed by atoms with van der Waals surface area (Å²) < 4.78 is 19.5. The average molecular weight is 375 g/mol. The van der Waals surface area contributed by atoms with E-state index in [2.05, 4.69) is 5.32 Å². The Balaban J connectivity index is 1.66. The second-order valence-electron chi connectivity index (χ2n) is 6.55. The van der Waals surface area contributed by atoms with Gasteiger partial charge in [0.05, 0.1) is 6.54 Å². The largest absolute Gasteiger partial charge is 0.503 e. The van der Waals surface area contributed by atoms with Gasteiger partial charge >= 0.3 is 6.09 Å². The zero-order valence-electron chi connectivity index (χ0n) is 15.0. The Morgan fingerprint density at radius 2 is 2.07 bits per heavy atom. The highest BCUT2D eigenvalue weighted by molar-refractivity contribution is 5.68. The minimum absolute atomic E-state index is 0.0172. The molecule has 2 N–H and O–H groups in total. The monoisotopic (exact) mass is 375 g/mol. The Morgan fingerprint density at radius 1 is 1.33 bits per heavy atom. The van der Waals surface area contributed by atoms with Crippen molar-refractivity contribution in [1.29, 1.82) is 0 Å². The van der Waals surface area contributed by atoms with E-state index < -0.39 is 17.4 Å². The Labute approximate surface area is 156 Å². The van der Waals surface area contributed by atoms with Crippen molar-refractivity contribution in [2.45, 2.75) is 26.1 Å². The first-order valence-corrected chi connectivity index (χ1v) is 8.75. The molecule has 1 aliphatic rings. The molecular weight excluding hydrogens is 353 g/mol. The number of carbonyl (C=O) groups is 1. The van der Waals surface area contributed by atoms with Crippen LogP contribution in [0.15, 0.2) is 41.3 Å². The van der Waals surface area contributed by atoms with Crippen LogP contribution in [0, 0.1) is 5.82 Å². The molecule has 1 unspecified atom stereocenters. The van der Waals surface area contributed by atoms with E-state index in [1.807, 2.05) is 6.92 Å². The van der Waals surface area contributed by atoms with Gasteiger partial charge in [-0.1, -0.05) is 12.1 Å². The van der Waals surface area contributed by atoms with E-state index >= 15 is 0 Å². The predicted molar refractivity (Wildman–Crippen MR) is 97.1 cm³/mol. The van der Waals surface area contributed by atoms with Gasteiger partial charge in [-0.3, -0.25) is 4.79 Å². The molecule has 1 aliphatic heterocycles. The number of hydrogen-bond acceptors (Lipinski definition) is 5. The second-order valence-corrected chi connectivity index (χ2v) is 6.55. The van der Waals surface area contributed by atoms with E-state index in [1.165, 1.54) is 29.0 Å². The van der Waals surface area contributed by atoms with Crippen molar-refractivity contribution in [2.75, 3.05) is 19.6 Å². The highest BCUT2D eigenvalue weighted by Gasteiger charge is 2.24. The van der Waals surface area contributed by atoms with Crippen LogP contribution in [0.4, 0.5) is 9.18 Å². The quantitative estimate of drug-likeness (QED) is 0.849. The molecule has 27 heavy (non-hydrogen) atoms. The molecule has 2 heterocycles. The number of benzene rings is 1. The number of aromatic nitrogens is 1. The molecule has 0 spiro atoms. The molecule has 0 saturated carbocycles. The molecule has 8 heteroatoms. The zero-order valence-corrected chi connectivity index (χ0v) is 15.0. The van der Waals surface area contributed by atoms with E-state index in [4.69, 9.17) is 4.74 Å². The fraction of sp³-hybridized carbons (Fsp3) is 0.368. The third-order valence-corrected chi connectivity index (χ3v) is 4.58. The van der Waals surface area contributed by atoms with Gasteiger partial charge in [0.15, 0.2) is 5.75 Å². The smallest absolute Gasteiger partial charge is 0.410 e. The Hall–Kier alpha value is -2.87. The number of ether oxygens (including phenoxy) is 1. The lowest BCUT2D eigenvalue weighted by Gasteiger charge is -2.32. The molecule has 3 rings (SSSR count). The van der Waals surface area contributed by atoms with Gasteiger partial charge in [-0.05, 0) is 30.7 Å². The molecular formula is C19H22FN3O4. The molecule has 0 aliphatic carbocycles. The number of carbonyl (C=O) groups excluding carboxylic acids is 1. The number of nitrogens with one attached hydrogen (secondary N) is 1. The number of amides is 1. The molecule has 0 bridgehead atoms. The van der Waals surface area contributed by atoms with Crippen LogP contribution in [0.25, 0.3) is 0 Å². The lowest BCUT2D eigenvalue weighted by molar-refractivity contribution is 0.0754. The van der Waals surface area contributed by atoms with Crippen LogP contribution in [0.2, 0.25) is 0 Å². The standard InChI is InChI=1S/C19H22FN3O4/c1-13-10-21-7-9-23(13)19(26)27-12-15-6-8-22(18(25)17(15)24)11-14-2-4-16(20)5-3-14/h2-6,8,13,21,24H,7,9-12H2,1H3. The van der Waals surface area contributed by atoms with Crippen LogP contribution in [0.1, 0.15) is 18.1 Å². The fourth-order valence-corrected chi connectivity index (χ4v) is 2.96. The molecule has 1 amide bonds. The molecule has 1 fully saturated rings. The maximum atomic E-state index is 13.0. The van der Waals surface area contributed by atoms with Gasteiger partial charge in [-0.2, -0.15) is 0 Å². The maximum Gasteiger partial charge on any atom is 0.410 e. The fourth-order valence-electron chi connectivity index (χ4n) is 2.96. The molecule has 1 aromatic carbocycles. The molecule has 144 valence electrons. The van der Waals surface area contributed by atoms with Gasteiger partial charge in [0, 0.05) is 37.4 Å². The minimum atomic E-state index is -0.594. The highest BCUT2D eigenvalue weighted by Crippen LogP contribution is 2.15. The lowest BCUT2D eigenvalue weighted by Crippen LogP contribution is -2.52. The van der Waals surface area contributed by atoms with Crippen molar-refractivity contribution in [1.82, 2.24) is 14.8 Å². The topological polar surface area (TPSA) is 83.8 Å². The Bertz CT molecular complexity index is 866. The first-order valence-electron chi connectivity index (χ1n) is 8.75. The summed E-state index contributed by atoms with van der Waals surface area (Å²) in [6.45, 7) is 3.87. The average Bonchev–Trinajstić information content (AvgIpc) is 2.66. The van der Waals surface area contributed by atoms with Crippen molar-refractivity contribution in [2.24, 2.45) is 0 Å². The number of nitrogens with zero attached hydrogens (tertiary/aromatic N) is 2. The van der Waals surface area contributed by atoms with Crippen molar-refractivity contribution in [3.63, 3.8) is 0 Å². The van der Waals surface area contributed by atoms with Crippen LogP contribution in [-0.2, 0) is 17.9 Å². The first-order chi connectivity index (χ1) is 13.0. The molecule has 1 atom stereocenters. The van der Waals surface area contributed by atoms with Gasteiger partial charge in [0.1, 0.15) is 12.4 Å². The van der Waals surface area contributed by atoms with Crippen LogP contribution in [0.5, 0.6) is 5.75 Å². The highest BCUT2D eigenvalue weighted by atomic mass is 19.1. The predicted octanol–water partition coefficient (Wildman–Crippen LogP) is 1.67. The summed E-state index contributed by atoms with van der Waals surface area (Å²) in [7, 11) is 0. The number of halogens is 1. The summed E-state index contributed by atoms with van der Waals surface area (Å²) >= 11 is 0. The van der Waals surface area contributed by atoms with Crippen molar-refractivity contribution in [3.05, 3.63) is 63.8 Å². The molecule has 2 aromatic rings. The van der Waals surface area contributed by atoms with E-state index in [1.54, 1.807) is 17.0 Å². The van der Waals surface area contributed by atoms with Crippen LogP contribution in [-0.4, -0.2) is 46.3 Å². The molecule has 1 saturated heterocycles. The van der Waals surface area contributed by atoms with Gasteiger partial charge in [-0.15, -0.1) is 0 Å².